The van der Waals surface area contributed by atoms with E-state index in [-0.39, 0.29) is 10.6 Å². The van der Waals surface area contributed by atoms with Crippen LogP contribution in [0.25, 0.3) is 0 Å². The number of benzene rings is 1. The summed E-state index contributed by atoms with van der Waals surface area (Å²) in [4.78, 5) is -0.341. The van der Waals surface area contributed by atoms with E-state index in [1.54, 1.807) is 0 Å². The van der Waals surface area contributed by atoms with Crippen molar-refractivity contribution in [1.29, 1.82) is 0 Å². The normalized spacial score (nSPS) is 17.5. The van der Waals surface area contributed by atoms with Crippen molar-refractivity contribution >= 4 is 27.5 Å². The molecule has 0 radical (unpaired) electrons. The van der Waals surface area contributed by atoms with E-state index in [9.17, 15) is 12.8 Å². The Balaban J connectivity index is 2.05. The quantitative estimate of drug-likeness (QED) is 0.833. The van der Waals surface area contributed by atoms with Gasteiger partial charge < -0.3 is 5.73 Å². The summed E-state index contributed by atoms with van der Waals surface area (Å²) in [5, 5.41) is 0. The van der Waals surface area contributed by atoms with Crippen LogP contribution in [0.4, 0.5) is 10.1 Å². The van der Waals surface area contributed by atoms with Gasteiger partial charge in [0, 0.05) is 12.2 Å². The third-order valence-corrected chi connectivity index (χ3v) is 5.65. The number of thioether (sulfide) groups is 1. The van der Waals surface area contributed by atoms with Crippen molar-refractivity contribution in [2.24, 2.45) is 5.92 Å². The summed E-state index contributed by atoms with van der Waals surface area (Å²) in [7, 11) is -3.79. The summed E-state index contributed by atoms with van der Waals surface area (Å²) in [5.74, 6) is 1.64. The molecular formula is C12H17FN2O2S2. The summed E-state index contributed by atoms with van der Waals surface area (Å²) in [5.41, 5.74) is 5.61. The smallest absolute Gasteiger partial charge is 0.243 e. The molecule has 1 aliphatic heterocycles. The van der Waals surface area contributed by atoms with Crippen LogP contribution in [0.3, 0.4) is 0 Å². The molecule has 4 nitrogen and oxygen atoms in total. The average Bonchev–Trinajstić information content (AvgIpc) is 2.37. The van der Waals surface area contributed by atoms with Crippen molar-refractivity contribution in [1.82, 2.24) is 4.72 Å². The average molecular weight is 304 g/mol. The Bertz CT molecular complexity index is 543. The molecule has 0 saturated carbocycles. The summed E-state index contributed by atoms with van der Waals surface area (Å²) in [6, 6.07) is 3.60. The molecule has 0 bridgehead atoms. The van der Waals surface area contributed by atoms with E-state index >= 15 is 0 Å². The predicted molar refractivity (Wildman–Crippen MR) is 76.0 cm³/mol. The molecule has 2 rings (SSSR count). The van der Waals surface area contributed by atoms with E-state index in [0.717, 1.165) is 30.4 Å². The molecule has 3 N–H and O–H groups in total. The maximum atomic E-state index is 13.6. The van der Waals surface area contributed by atoms with Crippen LogP contribution in [-0.4, -0.2) is 26.5 Å². The first-order chi connectivity index (χ1) is 8.99. The lowest BCUT2D eigenvalue weighted by Gasteiger charge is -2.21. The fourth-order valence-electron chi connectivity index (χ4n) is 1.99. The second kappa shape index (κ2) is 6.11. The number of hydrogen-bond acceptors (Lipinski definition) is 4. The lowest BCUT2D eigenvalue weighted by atomic mass is 10.0. The van der Waals surface area contributed by atoms with Gasteiger partial charge >= 0.3 is 0 Å². The Morgan fingerprint density at radius 3 is 2.68 bits per heavy atom. The monoisotopic (exact) mass is 304 g/mol. The molecule has 1 saturated heterocycles. The van der Waals surface area contributed by atoms with Gasteiger partial charge in [-0.25, -0.2) is 17.5 Å². The Morgan fingerprint density at radius 1 is 1.37 bits per heavy atom. The summed E-state index contributed by atoms with van der Waals surface area (Å²) in [6.45, 7) is 0.368. The van der Waals surface area contributed by atoms with Gasteiger partial charge in [0.25, 0.3) is 0 Å². The lowest BCUT2D eigenvalue weighted by molar-refractivity contribution is 0.475. The summed E-state index contributed by atoms with van der Waals surface area (Å²) < 4.78 is 40.1. The summed E-state index contributed by atoms with van der Waals surface area (Å²) >= 11 is 1.88. The van der Waals surface area contributed by atoms with Gasteiger partial charge in [0.15, 0.2) is 0 Å². The zero-order chi connectivity index (χ0) is 13.9. The largest absolute Gasteiger partial charge is 0.399 e. The van der Waals surface area contributed by atoms with Crippen LogP contribution in [0.5, 0.6) is 0 Å². The molecule has 1 fully saturated rings. The molecule has 0 atom stereocenters. The molecule has 1 aromatic rings. The molecule has 0 amide bonds. The second-order valence-electron chi connectivity index (χ2n) is 4.60. The number of rotatable bonds is 4. The first-order valence-corrected chi connectivity index (χ1v) is 8.75. The third-order valence-electron chi connectivity index (χ3n) is 3.15. The van der Waals surface area contributed by atoms with Crippen LogP contribution in [-0.2, 0) is 10.0 Å². The fraction of sp³-hybridized carbons (Fsp3) is 0.500. The molecule has 106 valence electrons. The van der Waals surface area contributed by atoms with Crippen molar-refractivity contribution in [3.63, 3.8) is 0 Å². The van der Waals surface area contributed by atoms with Gasteiger partial charge in [0.05, 0.1) is 0 Å². The molecule has 1 aromatic carbocycles. The molecule has 7 heteroatoms. The number of anilines is 1. The van der Waals surface area contributed by atoms with Gasteiger partial charge in [-0.05, 0) is 48.5 Å². The van der Waals surface area contributed by atoms with Gasteiger partial charge in [-0.1, -0.05) is 0 Å². The van der Waals surface area contributed by atoms with E-state index in [1.165, 1.54) is 12.1 Å². The number of hydrogen-bond donors (Lipinski definition) is 2. The SMILES string of the molecule is Nc1ccc(S(=O)(=O)NCC2CCSCC2)c(F)c1. The number of nitrogens with two attached hydrogens (primary N) is 1. The molecule has 1 heterocycles. The van der Waals surface area contributed by atoms with Crippen molar-refractivity contribution in [2.45, 2.75) is 17.7 Å². The highest BCUT2D eigenvalue weighted by atomic mass is 32.2. The number of nitrogens with one attached hydrogen (secondary N) is 1. The number of sulfonamides is 1. The Labute approximate surface area is 117 Å². The van der Waals surface area contributed by atoms with Gasteiger partial charge in [-0.2, -0.15) is 11.8 Å². The highest BCUT2D eigenvalue weighted by Gasteiger charge is 2.21. The summed E-state index contributed by atoms with van der Waals surface area (Å²) in [6.07, 6.45) is 1.99. The van der Waals surface area contributed by atoms with E-state index in [1.807, 2.05) is 11.8 Å². The van der Waals surface area contributed by atoms with Gasteiger partial charge in [-0.15, -0.1) is 0 Å². The first kappa shape index (κ1) is 14.6. The molecule has 0 aromatic heterocycles. The van der Waals surface area contributed by atoms with Crippen LogP contribution in [0.1, 0.15) is 12.8 Å². The fourth-order valence-corrected chi connectivity index (χ4v) is 4.37. The van der Waals surface area contributed by atoms with Crippen molar-refractivity contribution in [2.75, 3.05) is 23.8 Å². The zero-order valence-corrected chi connectivity index (χ0v) is 12.1. The first-order valence-electron chi connectivity index (χ1n) is 6.11. The molecule has 0 aliphatic carbocycles. The van der Waals surface area contributed by atoms with E-state index in [2.05, 4.69) is 4.72 Å². The molecule has 0 spiro atoms. The number of halogens is 1. The standard InChI is InChI=1S/C12H17FN2O2S2/c13-11-7-10(14)1-2-12(11)19(16,17)15-8-9-3-5-18-6-4-9/h1-2,7,9,15H,3-6,8,14H2. The van der Waals surface area contributed by atoms with Crippen LogP contribution in [0.2, 0.25) is 0 Å². The minimum absolute atomic E-state index is 0.209. The van der Waals surface area contributed by atoms with Crippen LogP contribution in [0.15, 0.2) is 23.1 Å². The molecule has 0 unspecified atom stereocenters. The topological polar surface area (TPSA) is 72.2 Å². The predicted octanol–water partition coefficient (Wildman–Crippen LogP) is 1.83. The minimum Gasteiger partial charge on any atom is -0.399 e. The van der Waals surface area contributed by atoms with Crippen molar-refractivity contribution in [3.8, 4) is 0 Å². The highest BCUT2D eigenvalue weighted by molar-refractivity contribution is 7.99. The second-order valence-corrected chi connectivity index (χ2v) is 7.56. The molecule has 19 heavy (non-hydrogen) atoms. The Hall–Kier alpha value is -0.790. The number of nitrogen functional groups attached to an aromatic ring is 1. The third kappa shape index (κ3) is 3.84. The maximum absolute atomic E-state index is 13.6. The van der Waals surface area contributed by atoms with Gasteiger partial charge in [0.2, 0.25) is 10.0 Å². The Morgan fingerprint density at radius 2 is 2.05 bits per heavy atom. The van der Waals surface area contributed by atoms with Crippen LogP contribution in [0, 0.1) is 11.7 Å². The highest BCUT2D eigenvalue weighted by Crippen LogP contribution is 2.23. The van der Waals surface area contributed by atoms with E-state index in [0.29, 0.717) is 12.5 Å². The van der Waals surface area contributed by atoms with E-state index < -0.39 is 15.8 Å². The zero-order valence-electron chi connectivity index (χ0n) is 10.4. The van der Waals surface area contributed by atoms with Crippen molar-refractivity contribution in [3.05, 3.63) is 24.0 Å². The van der Waals surface area contributed by atoms with Crippen molar-refractivity contribution < 1.29 is 12.8 Å². The van der Waals surface area contributed by atoms with Crippen LogP contribution < -0.4 is 10.5 Å². The lowest BCUT2D eigenvalue weighted by Crippen LogP contribution is -2.31. The minimum atomic E-state index is -3.79. The van der Waals surface area contributed by atoms with E-state index in [4.69, 9.17) is 5.73 Å². The van der Waals surface area contributed by atoms with Gasteiger partial charge in [-0.3, -0.25) is 0 Å². The molecular weight excluding hydrogens is 287 g/mol. The Kier molecular flexibility index (Phi) is 4.70. The van der Waals surface area contributed by atoms with Gasteiger partial charge in [0.1, 0.15) is 10.7 Å². The van der Waals surface area contributed by atoms with Crippen LogP contribution >= 0.6 is 11.8 Å². The maximum Gasteiger partial charge on any atom is 0.243 e. The molecule has 1 aliphatic rings.